The first kappa shape index (κ1) is 12.1. The highest BCUT2D eigenvalue weighted by molar-refractivity contribution is 5.30. The number of halogens is 1. The molecule has 0 fully saturated rings. The van der Waals surface area contributed by atoms with E-state index in [0.717, 1.165) is 12.8 Å². The highest BCUT2D eigenvalue weighted by atomic mass is 19.1. The molecule has 0 heterocycles. The lowest BCUT2D eigenvalue weighted by Gasteiger charge is -2.20. The first-order chi connectivity index (χ1) is 8.20. The standard InChI is InChI=1S/C14H18FNO/c1-10(16-11-5-3-4-6-11)13-8-7-12(17-2)9-14(13)15/h3-4,7-11,16H,5-6H2,1-2H3. The molecule has 1 aromatic carbocycles. The van der Waals surface area contributed by atoms with Gasteiger partial charge in [-0.25, -0.2) is 4.39 Å². The average molecular weight is 235 g/mol. The van der Waals surface area contributed by atoms with Gasteiger partial charge < -0.3 is 10.1 Å². The lowest BCUT2D eigenvalue weighted by molar-refractivity contribution is 0.408. The molecule has 0 amide bonds. The second-order valence-corrected chi connectivity index (χ2v) is 4.42. The van der Waals surface area contributed by atoms with Crippen LogP contribution in [-0.4, -0.2) is 13.2 Å². The highest BCUT2D eigenvalue weighted by Crippen LogP contribution is 2.23. The minimum atomic E-state index is -0.213. The molecule has 0 spiro atoms. The van der Waals surface area contributed by atoms with Crippen molar-refractivity contribution in [1.82, 2.24) is 5.32 Å². The Morgan fingerprint density at radius 1 is 1.35 bits per heavy atom. The molecule has 0 radical (unpaired) electrons. The number of rotatable bonds is 4. The molecular formula is C14H18FNO. The van der Waals surface area contributed by atoms with Crippen LogP contribution in [0, 0.1) is 5.82 Å². The minimum Gasteiger partial charge on any atom is -0.497 e. The third kappa shape index (κ3) is 2.86. The van der Waals surface area contributed by atoms with Gasteiger partial charge in [-0.05, 0) is 25.8 Å². The summed E-state index contributed by atoms with van der Waals surface area (Å²) in [5, 5.41) is 3.43. The second-order valence-electron chi connectivity index (χ2n) is 4.42. The molecule has 0 bridgehead atoms. The van der Waals surface area contributed by atoms with Crippen molar-refractivity contribution in [2.45, 2.75) is 31.8 Å². The van der Waals surface area contributed by atoms with E-state index in [1.54, 1.807) is 19.2 Å². The molecule has 1 aliphatic carbocycles. The predicted molar refractivity (Wildman–Crippen MR) is 66.7 cm³/mol. The molecular weight excluding hydrogens is 217 g/mol. The van der Waals surface area contributed by atoms with Gasteiger partial charge in [-0.2, -0.15) is 0 Å². The highest BCUT2D eigenvalue weighted by Gasteiger charge is 2.16. The number of methoxy groups -OCH3 is 1. The van der Waals surface area contributed by atoms with E-state index in [1.165, 1.54) is 6.07 Å². The van der Waals surface area contributed by atoms with Crippen molar-refractivity contribution >= 4 is 0 Å². The maximum atomic E-state index is 13.8. The Morgan fingerprint density at radius 2 is 2.06 bits per heavy atom. The van der Waals surface area contributed by atoms with Crippen LogP contribution in [0.15, 0.2) is 30.4 Å². The largest absolute Gasteiger partial charge is 0.497 e. The first-order valence-electron chi connectivity index (χ1n) is 5.95. The van der Waals surface area contributed by atoms with Crippen LogP contribution < -0.4 is 10.1 Å². The van der Waals surface area contributed by atoms with Crippen LogP contribution in [-0.2, 0) is 0 Å². The fourth-order valence-electron chi connectivity index (χ4n) is 2.18. The summed E-state index contributed by atoms with van der Waals surface area (Å²) < 4.78 is 18.8. The number of ether oxygens (including phenoxy) is 1. The molecule has 1 aromatic rings. The molecule has 0 saturated heterocycles. The summed E-state index contributed by atoms with van der Waals surface area (Å²) in [4.78, 5) is 0. The quantitative estimate of drug-likeness (QED) is 0.809. The van der Waals surface area contributed by atoms with E-state index in [-0.39, 0.29) is 11.9 Å². The van der Waals surface area contributed by atoms with E-state index in [4.69, 9.17) is 4.74 Å². The molecule has 1 N–H and O–H groups in total. The van der Waals surface area contributed by atoms with Crippen LogP contribution in [0.1, 0.15) is 31.4 Å². The Kier molecular flexibility index (Phi) is 3.79. The molecule has 0 aromatic heterocycles. The Bertz CT molecular complexity index is 409. The van der Waals surface area contributed by atoms with Gasteiger partial charge in [-0.3, -0.25) is 0 Å². The van der Waals surface area contributed by atoms with Crippen molar-refractivity contribution in [3.63, 3.8) is 0 Å². The molecule has 1 unspecified atom stereocenters. The molecule has 17 heavy (non-hydrogen) atoms. The summed E-state index contributed by atoms with van der Waals surface area (Å²) >= 11 is 0. The van der Waals surface area contributed by atoms with Gasteiger partial charge in [-0.1, -0.05) is 18.2 Å². The fraction of sp³-hybridized carbons (Fsp3) is 0.429. The van der Waals surface area contributed by atoms with E-state index < -0.39 is 0 Å². The van der Waals surface area contributed by atoms with E-state index in [9.17, 15) is 4.39 Å². The summed E-state index contributed by atoms with van der Waals surface area (Å²) in [6.45, 7) is 1.99. The molecule has 0 saturated carbocycles. The molecule has 2 nitrogen and oxygen atoms in total. The second kappa shape index (κ2) is 5.32. The van der Waals surface area contributed by atoms with Crippen molar-refractivity contribution in [3.05, 3.63) is 41.7 Å². The van der Waals surface area contributed by atoms with Crippen LogP contribution in [0.2, 0.25) is 0 Å². The van der Waals surface area contributed by atoms with Crippen molar-refractivity contribution in [2.24, 2.45) is 0 Å². The Balaban J connectivity index is 2.05. The van der Waals surface area contributed by atoms with Gasteiger partial charge in [0, 0.05) is 23.7 Å². The maximum Gasteiger partial charge on any atom is 0.131 e. The lowest BCUT2D eigenvalue weighted by Crippen LogP contribution is -2.29. The summed E-state index contributed by atoms with van der Waals surface area (Å²) in [5.74, 6) is 0.344. The summed E-state index contributed by atoms with van der Waals surface area (Å²) in [6.07, 6.45) is 6.38. The van der Waals surface area contributed by atoms with Gasteiger partial charge in [-0.15, -0.1) is 0 Å². The van der Waals surface area contributed by atoms with E-state index in [0.29, 0.717) is 17.4 Å². The average Bonchev–Trinajstić information content (AvgIpc) is 2.81. The van der Waals surface area contributed by atoms with Gasteiger partial charge in [0.15, 0.2) is 0 Å². The van der Waals surface area contributed by atoms with Gasteiger partial charge in [0.05, 0.1) is 7.11 Å². The van der Waals surface area contributed by atoms with Crippen molar-refractivity contribution in [1.29, 1.82) is 0 Å². The van der Waals surface area contributed by atoms with Crippen molar-refractivity contribution < 1.29 is 9.13 Å². The molecule has 0 aliphatic heterocycles. The van der Waals surface area contributed by atoms with Gasteiger partial charge in [0.25, 0.3) is 0 Å². The number of hydrogen-bond acceptors (Lipinski definition) is 2. The number of benzene rings is 1. The van der Waals surface area contributed by atoms with Crippen LogP contribution >= 0.6 is 0 Å². The van der Waals surface area contributed by atoms with Gasteiger partial charge >= 0.3 is 0 Å². The molecule has 3 heteroatoms. The van der Waals surface area contributed by atoms with Crippen LogP contribution in [0.5, 0.6) is 5.75 Å². The van der Waals surface area contributed by atoms with Crippen molar-refractivity contribution in [2.75, 3.05) is 7.11 Å². The third-order valence-corrected chi connectivity index (χ3v) is 3.17. The summed E-state index contributed by atoms with van der Waals surface area (Å²) in [7, 11) is 1.54. The topological polar surface area (TPSA) is 21.3 Å². The molecule has 92 valence electrons. The van der Waals surface area contributed by atoms with Crippen LogP contribution in [0.4, 0.5) is 4.39 Å². The van der Waals surface area contributed by atoms with Gasteiger partial charge in [0.1, 0.15) is 11.6 Å². The lowest BCUT2D eigenvalue weighted by atomic mass is 10.1. The zero-order valence-electron chi connectivity index (χ0n) is 10.2. The molecule has 2 rings (SSSR count). The SMILES string of the molecule is COc1ccc(C(C)NC2CC=CC2)c(F)c1. The Hall–Kier alpha value is -1.35. The van der Waals surface area contributed by atoms with Gasteiger partial charge in [0.2, 0.25) is 0 Å². The van der Waals surface area contributed by atoms with Crippen LogP contribution in [0.3, 0.4) is 0 Å². The van der Waals surface area contributed by atoms with Crippen molar-refractivity contribution in [3.8, 4) is 5.75 Å². The normalized spacial score (nSPS) is 17.4. The maximum absolute atomic E-state index is 13.8. The number of hydrogen-bond donors (Lipinski definition) is 1. The molecule has 1 aliphatic rings. The van der Waals surface area contributed by atoms with E-state index in [2.05, 4.69) is 17.5 Å². The fourth-order valence-corrected chi connectivity index (χ4v) is 2.18. The summed E-state index contributed by atoms with van der Waals surface area (Å²) in [5.41, 5.74) is 0.692. The first-order valence-corrected chi connectivity index (χ1v) is 5.95. The van der Waals surface area contributed by atoms with E-state index >= 15 is 0 Å². The predicted octanol–water partition coefficient (Wildman–Crippen LogP) is 3.20. The zero-order chi connectivity index (χ0) is 12.3. The Labute approximate surface area is 101 Å². The third-order valence-electron chi connectivity index (χ3n) is 3.17. The smallest absolute Gasteiger partial charge is 0.131 e. The van der Waals surface area contributed by atoms with E-state index in [1.807, 2.05) is 6.92 Å². The monoisotopic (exact) mass is 235 g/mol. The van der Waals surface area contributed by atoms with Crippen LogP contribution in [0.25, 0.3) is 0 Å². The zero-order valence-corrected chi connectivity index (χ0v) is 10.2. The number of nitrogens with one attached hydrogen (secondary N) is 1. The minimum absolute atomic E-state index is 0.0193. The molecule has 1 atom stereocenters. The summed E-state index contributed by atoms with van der Waals surface area (Å²) in [6, 6.07) is 5.47. The Morgan fingerprint density at radius 3 is 2.65 bits per heavy atom.